The predicted molar refractivity (Wildman–Crippen MR) is 155 cm³/mol. The molecule has 5 amide bonds. The molecule has 1 unspecified atom stereocenters. The van der Waals surface area contributed by atoms with Gasteiger partial charge in [-0.25, -0.2) is 19.6 Å². The van der Waals surface area contributed by atoms with Gasteiger partial charge in [0.2, 0.25) is 0 Å². The topological polar surface area (TPSA) is 140 Å². The van der Waals surface area contributed by atoms with Gasteiger partial charge in [0.25, 0.3) is 5.91 Å². The van der Waals surface area contributed by atoms with Gasteiger partial charge in [0.1, 0.15) is 5.82 Å². The second-order valence-electron chi connectivity index (χ2n) is 11.3. The third-order valence-electron chi connectivity index (χ3n) is 7.84. The fourth-order valence-corrected chi connectivity index (χ4v) is 5.26. The maximum Gasteiger partial charge on any atom is 0.319 e. The molecular weight excluding hydrogens is 510 g/mol. The second kappa shape index (κ2) is 12.0. The first-order valence-corrected chi connectivity index (χ1v) is 13.7. The number of aromatic nitrogens is 2. The Labute approximate surface area is 235 Å². The molecule has 0 spiro atoms. The van der Waals surface area contributed by atoms with Crippen molar-refractivity contribution in [3.05, 3.63) is 41.7 Å². The summed E-state index contributed by atoms with van der Waals surface area (Å²) < 4.78 is 0. The average Bonchev–Trinajstić information content (AvgIpc) is 2.93. The Morgan fingerprint density at radius 2 is 1.70 bits per heavy atom. The molecule has 3 heterocycles. The van der Waals surface area contributed by atoms with Gasteiger partial charge in [0, 0.05) is 66.1 Å². The van der Waals surface area contributed by atoms with Crippen LogP contribution in [0.1, 0.15) is 48.7 Å². The Morgan fingerprint density at radius 3 is 2.30 bits per heavy atom. The van der Waals surface area contributed by atoms with Gasteiger partial charge in [-0.3, -0.25) is 4.79 Å². The number of nitrogens with zero attached hydrogens (tertiary/aromatic N) is 6. The van der Waals surface area contributed by atoms with Gasteiger partial charge in [-0.05, 0) is 48.8 Å². The number of urea groups is 2. The molecule has 12 nitrogen and oxygen atoms in total. The van der Waals surface area contributed by atoms with Crippen molar-refractivity contribution in [3.8, 4) is 0 Å². The summed E-state index contributed by atoms with van der Waals surface area (Å²) >= 11 is 0. The zero-order chi connectivity index (χ0) is 29.0. The minimum atomic E-state index is -0.667. The number of piperidine rings is 2. The first-order valence-electron chi connectivity index (χ1n) is 13.7. The van der Waals surface area contributed by atoms with E-state index in [1.54, 1.807) is 39.3 Å². The van der Waals surface area contributed by atoms with Crippen LogP contribution in [0.15, 0.2) is 30.5 Å². The zero-order valence-corrected chi connectivity index (χ0v) is 24.1. The normalized spacial score (nSPS) is 18.6. The number of primary amides is 1. The van der Waals surface area contributed by atoms with Crippen LogP contribution in [0.5, 0.6) is 0 Å². The van der Waals surface area contributed by atoms with E-state index in [0.29, 0.717) is 31.3 Å². The monoisotopic (exact) mass is 551 g/mol. The van der Waals surface area contributed by atoms with Gasteiger partial charge in [0.05, 0.1) is 6.20 Å². The van der Waals surface area contributed by atoms with Crippen molar-refractivity contribution in [2.75, 3.05) is 64.6 Å². The highest BCUT2D eigenvalue weighted by Gasteiger charge is 2.34. The summed E-state index contributed by atoms with van der Waals surface area (Å²) in [6.07, 6.45) is 5.08. The molecule has 1 atom stereocenters. The van der Waals surface area contributed by atoms with Crippen LogP contribution in [0.25, 0.3) is 0 Å². The molecule has 216 valence electrons. The first kappa shape index (κ1) is 28.9. The minimum Gasteiger partial charge on any atom is -0.364 e. The number of benzene rings is 1. The van der Waals surface area contributed by atoms with Crippen LogP contribution in [-0.2, 0) is 5.41 Å². The number of carbonyl (C=O) groups is 3. The largest absolute Gasteiger partial charge is 0.364 e. The number of anilines is 3. The molecule has 2 fully saturated rings. The number of hydrogen-bond acceptors (Lipinski definition) is 7. The van der Waals surface area contributed by atoms with Crippen molar-refractivity contribution in [1.29, 1.82) is 0 Å². The number of nitrogens with two attached hydrogens (primary N) is 1. The predicted octanol–water partition coefficient (Wildman–Crippen LogP) is 2.59. The van der Waals surface area contributed by atoms with E-state index in [1.165, 1.54) is 10.5 Å². The molecule has 2 saturated heterocycles. The van der Waals surface area contributed by atoms with Gasteiger partial charge in [-0.15, -0.1) is 0 Å². The van der Waals surface area contributed by atoms with Crippen LogP contribution in [-0.4, -0.2) is 103 Å². The Hall–Kier alpha value is -4.09. The molecule has 1 aromatic carbocycles. The fraction of sp³-hybridized carbons (Fsp3) is 0.536. The molecule has 2 aliphatic rings. The van der Waals surface area contributed by atoms with Crippen molar-refractivity contribution >= 4 is 35.3 Å². The van der Waals surface area contributed by atoms with Crippen molar-refractivity contribution in [3.63, 3.8) is 0 Å². The Balaban J connectivity index is 1.47. The lowest BCUT2D eigenvalue weighted by atomic mass is 9.74. The first-order chi connectivity index (χ1) is 19.0. The van der Waals surface area contributed by atoms with Gasteiger partial charge in [-0.2, -0.15) is 0 Å². The molecule has 2 aliphatic heterocycles. The average molecular weight is 552 g/mol. The molecule has 4 rings (SSSR count). The molecule has 40 heavy (non-hydrogen) atoms. The molecule has 2 aromatic rings. The lowest BCUT2D eigenvalue weighted by Gasteiger charge is -2.40. The highest BCUT2D eigenvalue weighted by molar-refractivity contribution is 5.96. The third kappa shape index (κ3) is 6.54. The molecule has 1 aromatic heterocycles. The highest BCUT2D eigenvalue weighted by Crippen LogP contribution is 2.36. The van der Waals surface area contributed by atoms with Crippen LogP contribution in [0.3, 0.4) is 0 Å². The van der Waals surface area contributed by atoms with Crippen molar-refractivity contribution in [2.24, 2.45) is 5.73 Å². The van der Waals surface area contributed by atoms with Crippen molar-refractivity contribution in [2.45, 2.75) is 44.1 Å². The van der Waals surface area contributed by atoms with Crippen molar-refractivity contribution < 1.29 is 14.4 Å². The lowest BCUT2D eigenvalue weighted by Crippen LogP contribution is -2.50. The summed E-state index contributed by atoms with van der Waals surface area (Å²) in [7, 11) is 6.99. The van der Waals surface area contributed by atoms with Gasteiger partial charge in [0.15, 0.2) is 11.5 Å². The van der Waals surface area contributed by atoms with E-state index in [9.17, 15) is 14.4 Å². The number of amides is 5. The smallest absolute Gasteiger partial charge is 0.319 e. The summed E-state index contributed by atoms with van der Waals surface area (Å²) in [6, 6.07) is 7.99. The fourth-order valence-electron chi connectivity index (χ4n) is 5.26. The quantitative estimate of drug-likeness (QED) is 0.501. The molecule has 0 aliphatic carbocycles. The van der Waals surface area contributed by atoms with E-state index in [0.717, 1.165) is 37.9 Å². The lowest BCUT2D eigenvalue weighted by molar-refractivity contribution is 0.0996. The standard InChI is InChI=1S/C28H41N9O3/c1-28(12-15-36(16-13-28)27(40)35(4)5)19-8-10-20(11-9-19)31-25-23(24(29)38)30-17-22(33-25)37-14-6-7-21(18-37)32-26(39)34(2)3/h8-11,17,21H,6-7,12-16,18H2,1-5H3,(H2,29,38)(H,31,33)(H,32,39). The van der Waals surface area contributed by atoms with Gasteiger partial charge >= 0.3 is 12.1 Å². The van der Waals surface area contributed by atoms with Crippen LogP contribution in [0.2, 0.25) is 0 Å². The molecule has 4 N–H and O–H groups in total. The van der Waals surface area contributed by atoms with E-state index in [-0.39, 0.29) is 29.2 Å². The van der Waals surface area contributed by atoms with Gasteiger partial charge in [-0.1, -0.05) is 19.1 Å². The Kier molecular flexibility index (Phi) is 8.65. The van der Waals surface area contributed by atoms with Crippen LogP contribution in [0.4, 0.5) is 26.9 Å². The number of likely N-dealkylation sites (tertiary alicyclic amines) is 1. The summed E-state index contributed by atoms with van der Waals surface area (Å²) in [6.45, 7) is 5.03. The maximum absolute atomic E-state index is 12.3. The van der Waals surface area contributed by atoms with Gasteiger partial charge < -0.3 is 36.0 Å². The number of hydrogen-bond donors (Lipinski definition) is 3. The highest BCUT2D eigenvalue weighted by atomic mass is 16.2. The van der Waals surface area contributed by atoms with Crippen LogP contribution in [0, 0.1) is 0 Å². The van der Waals surface area contributed by atoms with Crippen LogP contribution >= 0.6 is 0 Å². The van der Waals surface area contributed by atoms with Crippen molar-refractivity contribution in [1.82, 2.24) is 30.0 Å². The zero-order valence-electron chi connectivity index (χ0n) is 24.1. The Morgan fingerprint density at radius 1 is 1.02 bits per heavy atom. The SMILES string of the molecule is CN(C)C(=O)NC1CCCN(c2cnc(C(N)=O)c(Nc3ccc(C4(C)CCN(C(=O)N(C)C)CC4)cc3)n2)C1. The molecule has 0 saturated carbocycles. The summed E-state index contributed by atoms with van der Waals surface area (Å²) in [5.41, 5.74) is 7.60. The maximum atomic E-state index is 12.3. The van der Waals surface area contributed by atoms with E-state index in [1.807, 2.05) is 17.0 Å². The van der Waals surface area contributed by atoms with E-state index in [2.05, 4.69) is 39.6 Å². The number of carbonyl (C=O) groups excluding carboxylic acids is 3. The summed E-state index contributed by atoms with van der Waals surface area (Å²) in [5, 5.41) is 6.27. The number of nitrogens with one attached hydrogen (secondary N) is 2. The Bertz CT molecular complexity index is 1220. The van der Waals surface area contributed by atoms with Crippen LogP contribution < -0.4 is 21.3 Å². The number of rotatable bonds is 6. The molecule has 12 heteroatoms. The summed E-state index contributed by atoms with van der Waals surface area (Å²) in [4.78, 5) is 52.7. The molecule has 0 bridgehead atoms. The second-order valence-corrected chi connectivity index (χ2v) is 11.3. The van der Waals surface area contributed by atoms with E-state index in [4.69, 9.17) is 10.7 Å². The van der Waals surface area contributed by atoms with E-state index >= 15 is 0 Å². The molecule has 0 radical (unpaired) electrons. The minimum absolute atomic E-state index is 0.0144. The molecular formula is C28H41N9O3. The van der Waals surface area contributed by atoms with E-state index < -0.39 is 5.91 Å². The third-order valence-corrected chi connectivity index (χ3v) is 7.84. The summed E-state index contributed by atoms with van der Waals surface area (Å²) in [5.74, 6) is 0.234.